The van der Waals surface area contributed by atoms with E-state index in [1.54, 1.807) is 0 Å². The molecule has 2 aliphatic carbocycles. The summed E-state index contributed by atoms with van der Waals surface area (Å²) in [7, 11) is 0. The fraction of sp³-hybridized carbons (Fsp3) is 0.538. The molecule has 2 aromatic carbocycles. The van der Waals surface area contributed by atoms with Gasteiger partial charge in [-0.15, -0.1) is 23.5 Å². The molecule has 2 aromatic rings. The molecule has 4 unspecified atom stereocenters. The van der Waals surface area contributed by atoms with Gasteiger partial charge in [0.1, 0.15) is 0 Å². The van der Waals surface area contributed by atoms with Crippen molar-refractivity contribution in [3.05, 3.63) is 60.7 Å². The maximum atomic E-state index is 2.38. The van der Waals surface area contributed by atoms with Crippen molar-refractivity contribution in [2.45, 2.75) is 95.0 Å². The van der Waals surface area contributed by atoms with E-state index in [-0.39, 0.29) is 0 Å². The van der Waals surface area contributed by atoms with Gasteiger partial charge in [-0.2, -0.15) is 11.8 Å². The smallest absolute Gasteiger partial charge is 0.0213 e. The van der Waals surface area contributed by atoms with Crippen molar-refractivity contribution in [3.8, 4) is 0 Å². The number of hydrogen-bond donors (Lipinski definition) is 0. The fourth-order valence-electron chi connectivity index (χ4n) is 4.63. The molecule has 0 N–H and O–H groups in total. The van der Waals surface area contributed by atoms with Gasteiger partial charge >= 0.3 is 0 Å². The monoisotopic (exact) mass is 442 g/mol. The van der Waals surface area contributed by atoms with Gasteiger partial charge in [0.15, 0.2) is 0 Å². The van der Waals surface area contributed by atoms with Gasteiger partial charge in [-0.05, 0) is 49.9 Å². The highest BCUT2D eigenvalue weighted by Gasteiger charge is 2.32. The molecule has 2 saturated carbocycles. The highest BCUT2D eigenvalue weighted by molar-refractivity contribution is 8.05. The van der Waals surface area contributed by atoms with E-state index in [4.69, 9.17) is 0 Å². The fourth-order valence-corrected chi connectivity index (χ4v) is 9.50. The predicted molar refractivity (Wildman–Crippen MR) is 134 cm³/mol. The Morgan fingerprint density at radius 2 is 0.828 bits per heavy atom. The van der Waals surface area contributed by atoms with Crippen molar-refractivity contribution in [1.82, 2.24) is 0 Å². The van der Waals surface area contributed by atoms with E-state index >= 15 is 0 Å². The molecule has 0 saturated heterocycles. The molecule has 4 atom stereocenters. The van der Waals surface area contributed by atoms with Crippen molar-refractivity contribution in [2.24, 2.45) is 0 Å². The van der Waals surface area contributed by atoms with E-state index in [1.165, 1.54) is 74.0 Å². The Morgan fingerprint density at radius 3 is 1.24 bits per heavy atom. The second-order valence-corrected chi connectivity index (χ2v) is 12.5. The Balaban J connectivity index is 1.46. The average molecular weight is 443 g/mol. The summed E-state index contributed by atoms with van der Waals surface area (Å²) in [6.45, 7) is 0. The molecule has 0 nitrogen and oxygen atoms in total. The molecule has 0 aromatic heterocycles. The molecule has 3 heteroatoms. The first-order valence-corrected chi connectivity index (χ1v) is 14.2. The zero-order valence-corrected chi connectivity index (χ0v) is 19.8. The van der Waals surface area contributed by atoms with Gasteiger partial charge in [0.25, 0.3) is 0 Å². The minimum atomic E-state index is 0.774. The molecule has 2 aliphatic rings. The van der Waals surface area contributed by atoms with Crippen LogP contribution in [-0.4, -0.2) is 21.0 Å². The summed E-state index contributed by atoms with van der Waals surface area (Å²) in [5.74, 6) is 0. The number of thioether (sulfide) groups is 3. The molecule has 0 amide bonds. The summed E-state index contributed by atoms with van der Waals surface area (Å²) in [4.78, 5) is 2.92. The summed E-state index contributed by atoms with van der Waals surface area (Å²) in [6.07, 6.45) is 14.1. The molecule has 2 fully saturated rings. The average Bonchev–Trinajstić information content (AvgIpc) is 3.11. The van der Waals surface area contributed by atoms with Gasteiger partial charge in [0.05, 0.1) is 0 Å². The molecule has 0 radical (unpaired) electrons. The van der Waals surface area contributed by atoms with E-state index in [1.807, 2.05) is 0 Å². The topological polar surface area (TPSA) is 0 Å². The lowest BCUT2D eigenvalue weighted by molar-refractivity contribution is 0.694. The molecule has 4 rings (SSSR count). The SMILES string of the molecule is c1ccc(SC2CCCCCC2SC2CCCCCC2Sc2ccccc2)cc1. The Bertz CT molecular complexity index is 641. The van der Waals surface area contributed by atoms with Gasteiger partial charge in [-0.3, -0.25) is 0 Å². The van der Waals surface area contributed by atoms with Crippen molar-refractivity contribution < 1.29 is 0 Å². The number of rotatable bonds is 6. The third-order valence-electron chi connectivity index (χ3n) is 6.19. The van der Waals surface area contributed by atoms with Crippen LogP contribution in [0.1, 0.15) is 64.2 Å². The third kappa shape index (κ3) is 6.74. The van der Waals surface area contributed by atoms with E-state index in [9.17, 15) is 0 Å². The maximum Gasteiger partial charge on any atom is 0.0213 e. The van der Waals surface area contributed by atoms with Gasteiger partial charge in [-0.25, -0.2) is 0 Å². The molecule has 0 spiro atoms. The van der Waals surface area contributed by atoms with Crippen LogP contribution < -0.4 is 0 Å². The Morgan fingerprint density at radius 1 is 0.448 bits per heavy atom. The van der Waals surface area contributed by atoms with Gasteiger partial charge in [0, 0.05) is 30.8 Å². The Labute approximate surface area is 190 Å². The van der Waals surface area contributed by atoms with Crippen LogP contribution in [0.5, 0.6) is 0 Å². The summed E-state index contributed by atoms with van der Waals surface area (Å²) in [5, 5.41) is 3.17. The summed E-state index contributed by atoms with van der Waals surface area (Å²) in [6, 6.07) is 22.3. The van der Waals surface area contributed by atoms with E-state index < -0.39 is 0 Å². The Kier molecular flexibility index (Phi) is 8.81. The normalized spacial score (nSPS) is 28.4. The van der Waals surface area contributed by atoms with Crippen molar-refractivity contribution in [3.63, 3.8) is 0 Å². The van der Waals surface area contributed by atoms with Crippen LogP contribution in [0.3, 0.4) is 0 Å². The van der Waals surface area contributed by atoms with Crippen LogP contribution in [0.25, 0.3) is 0 Å². The standard InChI is InChI=1S/C26H34S3/c1-5-13-21(14-6-1)27-23-17-9-3-11-19-25(23)29-26-20-12-4-10-18-24(26)28-22-15-7-2-8-16-22/h1-2,5-8,13-16,23-26H,3-4,9-12,17-20H2. The minimum absolute atomic E-state index is 0.774. The molecule has 156 valence electrons. The zero-order valence-electron chi connectivity index (χ0n) is 17.4. The van der Waals surface area contributed by atoms with Crippen LogP contribution in [0.2, 0.25) is 0 Å². The maximum absolute atomic E-state index is 2.38. The van der Waals surface area contributed by atoms with E-state index in [0.29, 0.717) is 0 Å². The zero-order chi connectivity index (χ0) is 19.7. The lowest BCUT2D eigenvalue weighted by atomic mass is 10.2. The van der Waals surface area contributed by atoms with Crippen LogP contribution >= 0.6 is 35.3 Å². The summed E-state index contributed by atoms with van der Waals surface area (Å²) < 4.78 is 0. The number of hydrogen-bond acceptors (Lipinski definition) is 3. The number of benzene rings is 2. The van der Waals surface area contributed by atoms with Crippen LogP contribution in [0.4, 0.5) is 0 Å². The molecule has 0 heterocycles. The quantitative estimate of drug-likeness (QED) is 0.410. The van der Waals surface area contributed by atoms with Crippen LogP contribution in [0.15, 0.2) is 70.5 Å². The lowest BCUT2D eigenvalue weighted by Gasteiger charge is -2.32. The van der Waals surface area contributed by atoms with E-state index in [2.05, 4.69) is 95.9 Å². The molecular formula is C26H34S3. The lowest BCUT2D eigenvalue weighted by Crippen LogP contribution is -2.27. The second-order valence-electron chi connectivity index (χ2n) is 8.43. The molecular weight excluding hydrogens is 408 g/mol. The third-order valence-corrected chi connectivity index (χ3v) is 11.2. The van der Waals surface area contributed by atoms with Crippen molar-refractivity contribution >= 4 is 35.3 Å². The molecule has 29 heavy (non-hydrogen) atoms. The first kappa shape index (κ1) is 21.7. The highest BCUT2D eigenvalue weighted by Crippen LogP contribution is 2.45. The minimum Gasteiger partial charge on any atom is -0.153 e. The summed E-state index contributed by atoms with van der Waals surface area (Å²) >= 11 is 6.70. The highest BCUT2D eigenvalue weighted by atomic mass is 32.2. The summed E-state index contributed by atoms with van der Waals surface area (Å²) in [5.41, 5.74) is 0. The second kappa shape index (κ2) is 11.8. The molecule has 0 bridgehead atoms. The predicted octanol–water partition coefficient (Wildman–Crippen LogP) is 8.71. The first-order valence-electron chi connectivity index (χ1n) is 11.5. The van der Waals surface area contributed by atoms with Gasteiger partial charge < -0.3 is 0 Å². The van der Waals surface area contributed by atoms with Crippen LogP contribution in [-0.2, 0) is 0 Å². The van der Waals surface area contributed by atoms with Crippen molar-refractivity contribution in [1.29, 1.82) is 0 Å². The van der Waals surface area contributed by atoms with Gasteiger partial charge in [-0.1, -0.05) is 74.9 Å². The van der Waals surface area contributed by atoms with Crippen molar-refractivity contribution in [2.75, 3.05) is 0 Å². The van der Waals surface area contributed by atoms with E-state index in [0.717, 1.165) is 21.0 Å². The first-order chi connectivity index (χ1) is 14.4. The molecule has 0 aliphatic heterocycles. The largest absolute Gasteiger partial charge is 0.153 e. The Hall–Kier alpha value is -0.510. The van der Waals surface area contributed by atoms with Gasteiger partial charge in [0.2, 0.25) is 0 Å². The van der Waals surface area contributed by atoms with Crippen LogP contribution in [0, 0.1) is 0 Å².